The van der Waals surface area contributed by atoms with Gasteiger partial charge in [0.1, 0.15) is 11.6 Å². The molecule has 0 aromatic heterocycles. The molecule has 2 aromatic rings. The first-order valence-corrected chi connectivity index (χ1v) is 9.23. The molecule has 1 atom stereocenters. The first-order chi connectivity index (χ1) is 13.1. The lowest BCUT2D eigenvalue weighted by Gasteiger charge is -2.37. The van der Waals surface area contributed by atoms with Crippen molar-refractivity contribution in [2.75, 3.05) is 38.6 Å². The topological polar surface area (TPSA) is 53.6 Å². The van der Waals surface area contributed by atoms with Crippen molar-refractivity contribution in [3.8, 4) is 5.75 Å². The highest BCUT2D eigenvalue weighted by Gasteiger charge is 2.26. The van der Waals surface area contributed by atoms with Crippen molar-refractivity contribution in [3.63, 3.8) is 0 Å². The number of methoxy groups -OCH3 is 1. The summed E-state index contributed by atoms with van der Waals surface area (Å²) in [7, 11) is 1.67. The summed E-state index contributed by atoms with van der Waals surface area (Å²) in [5, 5.41) is 6.24. The summed E-state index contributed by atoms with van der Waals surface area (Å²) >= 11 is 0. The quantitative estimate of drug-likeness (QED) is 0.769. The summed E-state index contributed by atoms with van der Waals surface area (Å²) in [4.78, 5) is 14.7. The number of amides is 1. The Morgan fingerprint density at radius 2 is 2.07 bits per heavy atom. The van der Waals surface area contributed by atoms with Gasteiger partial charge in [-0.25, -0.2) is 4.39 Å². The predicted molar refractivity (Wildman–Crippen MR) is 112 cm³/mol. The summed E-state index contributed by atoms with van der Waals surface area (Å²) in [5.41, 5.74) is 2.11. The monoisotopic (exact) mass is 407 g/mol. The van der Waals surface area contributed by atoms with Crippen molar-refractivity contribution in [1.82, 2.24) is 10.2 Å². The molecule has 1 aliphatic heterocycles. The second-order valence-electron chi connectivity index (χ2n) is 6.71. The van der Waals surface area contributed by atoms with Gasteiger partial charge < -0.3 is 15.4 Å². The molecule has 1 amide bonds. The summed E-state index contributed by atoms with van der Waals surface area (Å²) in [5.74, 6) is 0.434. The smallest absolute Gasteiger partial charge is 0.225 e. The maximum Gasteiger partial charge on any atom is 0.225 e. The van der Waals surface area contributed by atoms with Gasteiger partial charge in [0, 0.05) is 49.4 Å². The molecule has 2 N–H and O–H groups in total. The van der Waals surface area contributed by atoms with E-state index in [-0.39, 0.29) is 30.2 Å². The highest BCUT2D eigenvalue weighted by molar-refractivity contribution is 5.91. The van der Waals surface area contributed by atoms with Crippen LogP contribution in [0.25, 0.3) is 0 Å². The molecular formula is C21H27ClFN3O2. The van der Waals surface area contributed by atoms with Gasteiger partial charge in [-0.1, -0.05) is 24.3 Å². The molecule has 1 fully saturated rings. The van der Waals surface area contributed by atoms with Crippen LogP contribution in [0.15, 0.2) is 42.5 Å². The first-order valence-electron chi connectivity index (χ1n) is 9.23. The van der Waals surface area contributed by atoms with Crippen LogP contribution in [-0.2, 0) is 4.79 Å². The Hall–Kier alpha value is -2.15. The molecule has 0 saturated carbocycles. The van der Waals surface area contributed by atoms with Crippen LogP contribution in [0.2, 0.25) is 0 Å². The minimum atomic E-state index is -0.314. The van der Waals surface area contributed by atoms with Crippen LogP contribution >= 0.6 is 12.4 Å². The van der Waals surface area contributed by atoms with Crippen LogP contribution in [0.5, 0.6) is 5.75 Å². The number of nitrogens with zero attached hydrogens (tertiary/aromatic N) is 1. The second kappa shape index (κ2) is 10.4. The summed E-state index contributed by atoms with van der Waals surface area (Å²) < 4.78 is 19.1. The number of piperazine rings is 1. The number of benzene rings is 2. The number of rotatable bonds is 6. The Labute approximate surface area is 171 Å². The van der Waals surface area contributed by atoms with E-state index < -0.39 is 0 Å². The van der Waals surface area contributed by atoms with Gasteiger partial charge in [0.2, 0.25) is 5.91 Å². The van der Waals surface area contributed by atoms with Crippen molar-refractivity contribution in [2.45, 2.75) is 19.4 Å². The number of ether oxygens (including phenoxy) is 1. The number of halogens is 2. The third-order valence-corrected chi connectivity index (χ3v) is 5.02. The lowest BCUT2D eigenvalue weighted by atomic mass is 10.0. The molecule has 1 saturated heterocycles. The van der Waals surface area contributed by atoms with Gasteiger partial charge in [-0.05, 0) is 25.1 Å². The molecule has 1 unspecified atom stereocenters. The summed E-state index contributed by atoms with van der Waals surface area (Å²) in [6, 6.07) is 12.9. The van der Waals surface area contributed by atoms with E-state index in [0.29, 0.717) is 24.2 Å². The number of anilines is 1. The highest BCUT2D eigenvalue weighted by atomic mass is 35.5. The molecule has 2 aromatic carbocycles. The number of carbonyl (C=O) groups is 1. The van der Waals surface area contributed by atoms with Gasteiger partial charge >= 0.3 is 0 Å². The normalized spacial score (nSPS) is 16.9. The van der Waals surface area contributed by atoms with Crippen molar-refractivity contribution in [1.29, 1.82) is 0 Å². The molecule has 1 aliphatic rings. The SMILES string of the molecule is COc1ccccc1C1CNCCN1CCC(=O)Nc1cccc(F)c1C.Cl. The largest absolute Gasteiger partial charge is 0.496 e. The summed E-state index contributed by atoms with van der Waals surface area (Å²) in [6.07, 6.45) is 0.349. The zero-order valence-corrected chi connectivity index (χ0v) is 17.0. The fraction of sp³-hybridized carbons (Fsp3) is 0.381. The van der Waals surface area contributed by atoms with E-state index in [4.69, 9.17) is 4.74 Å². The molecule has 0 spiro atoms. The van der Waals surface area contributed by atoms with E-state index in [0.717, 1.165) is 30.9 Å². The van der Waals surface area contributed by atoms with Gasteiger partial charge in [0.25, 0.3) is 0 Å². The Kier molecular flexibility index (Phi) is 8.23. The Bertz CT molecular complexity index is 803. The van der Waals surface area contributed by atoms with Crippen molar-refractivity contribution >= 4 is 24.0 Å². The Morgan fingerprint density at radius 1 is 1.29 bits per heavy atom. The maximum absolute atomic E-state index is 13.6. The number of hydrogen-bond acceptors (Lipinski definition) is 4. The van der Waals surface area contributed by atoms with Gasteiger partial charge in [-0.2, -0.15) is 0 Å². The molecular weight excluding hydrogens is 381 g/mol. The molecule has 152 valence electrons. The van der Waals surface area contributed by atoms with Crippen molar-refractivity contribution in [3.05, 3.63) is 59.4 Å². The van der Waals surface area contributed by atoms with Crippen LogP contribution in [-0.4, -0.2) is 44.1 Å². The van der Waals surface area contributed by atoms with Crippen LogP contribution in [0.3, 0.4) is 0 Å². The highest BCUT2D eigenvalue weighted by Crippen LogP contribution is 2.30. The van der Waals surface area contributed by atoms with Crippen molar-refractivity contribution in [2.24, 2.45) is 0 Å². The van der Waals surface area contributed by atoms with E-state index in [1.54, 1.807) is 26.2 Å². The van der Waals surface area contributed by atoms with E-state index in [1.807, 2.05) is 18.2 Å². The maximum atomic E-state index is 13.6. The third-order valence-electron chi connectivity index (χ3n) is 5.02. The first kappa shape index (κ1) is 22.1. The fourth-order valence-corrected chi connectivity index (χ4v) is 3.46. The molecule has 1 heterocycles. The average Bonchev–Trinajstić information content (AvgIpc) is 2.70. The Balaban J connectivity index is 0.00000280. The zero-order valence-electron chi connectivity index (χ0n) is 16.2. The lowest BCUT2D eigenvalue weighted by Crippen LogP contribution is -2.46. The Morgan fingerprint density at radius 3 is 2.86 bits per heavy atom. The number of carbonyl (C=O) groups excluding carboxylic acids is 1. The predicted octanol–water partition coefficient (Wildman–Crippen LogP) is 3.54. The van der Waals surface area contributed by atoms with E-state index in [1.165, 1.54) is 6.07 Å². The van der Waals surface area contributed by atoms with Gasteiger partial charge in [-0.15, -0.1) is 12.4 Å². The fourth-order valence-electron chi connectivity index (χ4n) is 3.46. The minimum Gasteiger partial charge on any atom is -0.496 e. The standard InChI is InChI=1S/C21H26FN3O2.ClH/c1-15-17(22)7-5-8-18(15)24-21(26)10-12-25-13-11-23-14-19(25)16-6-3-4-9-20(16)27-2;/h3-9,19,23H,10-14H2,1-2H3,(H,24,26);1H. The number of para-hydroxylation sites is 1. The number of hydrogen-bond donors (Lipinski definition) is 2. The zero-order chi connectivity index (χ0) is 19.2. The van der Waals surface area contributed by atoms with Crippen LogP contribution in [0.4, 0.5) is 10.1 Å². The second-order valence-corrected chi connectivity index (χ2v) is 6.71. The van der Waals surface area contributed by atoms with Crippen molar-refractivity contribution < 1.29 is 13.9 Å². The van der Waals surface area contributed by atoms with Gasteiger partial charge in [0.05, 0.1) is 13.2 Å². The van der Waals surface area contributed by atoms with Crippen LogP contribution in [0, 0.1) is 12.7 Å². The molecule has 28 heavy (non-hydrogen) atoms. The lowest BCUT2D eigenvalue weighted by molar-refractivity contribution is -0.116. The molecule has 0 radical (unpaired) electrons. The van der Waals surface area contributed by atoms with E-state index in [2.05, 4.69) is 21.6 Å². The minimum absolute atomic E-state index is 0. The third kappa shape index (κ3) is 5.22. The number of nitrogens with one attached hydrogen (secondary N) is 2. The van der Waals surface area contributed by atoms with E-state index in [9.17, 15) is 9.18 Å². The summed E-state index contributed by atoms with van der Waals surface area (Å²) in [6.45, 7) is 4.85. The molecule has 0 aliphatic carbocycles. The molecule has 3 rings (SSSR count). The molecule has 7 heteroatoms. The average molecular weight is 408 g/mol. The van der Waals surface area contributed by atoms with Gasteiger partial charge in [0.15, 0.2) is 0 Å². The van der Waals surface area contributed by atoms with E-state index >= 15 is 0 Å². The van der Waals surface area contributed by atoms with Crippen LogP contribution in [0.1, 0.15) is 23.6 Å². The van der Waals surface area contributed by atoms with Gasteiger partial charge in [-0.3, -0.25) is 9.69 Å². The van der Waals surface area contributed by atoms with Crippen LogP contribution < -0.4 is 15.4 Å². The molecule has 0 bridgehead atoms. The molecule has 5 nitrogen and oxygen atoms in total.